The highest BCUT2D eigenvalue weighted by Crippen LogP contribution is 2.20. The van der Waals surface area contributed by atoms with E-state index < -0.39 is 11.9 Å². The molecular weight excluding hydrogens is 360 g/mol. The van der Waals surface area contributed by atoms with Gasteiger partial charge < -0.3 is 20.2 Å². The highest BCUT2D eigenvalue weighted by Gasteiger charge is 2.20. The van der Waals surface area contributed by atoms with Crippen molar-refractivity contribution in [1.29, 1.82) is 0 Å². The molecule has 0 spiro atoms. The summed E-state index contributed by atoms with van der Waals surface area (Å²) in [5.41, 5.74) is 1.01. The third-order valence-electron chi connectivity index (χ3n) is 4.93. The third-order valence-corrected chi connectivity index (χ3v) is 4.93. The number of carboxylic acids is 1. The number of hydrogen-bond acceptors (Lipinski definition) is 4. The fraction of sp³-hybridized carbons (Fsp3) is 0.381. The quantitative estimate of drug-likeness (QED) is 0.701. The second kappa shape index (κ2) is 8.73. The molecule has 1 aromatic heterocycles. The Hall–Kier alpha value is -3.09. The molecule has 1 heterocycles. The Bertz CT molecular complexity index is 863. The van der Waals surface area contributed by atoms with Crippen molar-refractivity contribution in [1.82, 2.24) is 5.32 Å². The molecule has 0 saturated heterocycles. The molecule has 0 atom stereocenters. The first kappa shape index (κ1) is 19.7. The monoisotopic (exact) mass is 384 g/mol. The number of carboxylic acid groups (broad SMARTS) is 1. The van der Waals surface area contributed by atoms with Crippen LogP contribution in [0.2, 0.25) is 0 Å². The molecule has 1 aliphatic carbocycles. The van der Waals surface area contributed by atoms with Crippen LogP contribution in [0.5, 0.6) is 0 Å². The van der Waals surface area contributed by atoms with E-state index in [9.17, 15) is 14.4 Å². The largest absolute Gasteiger partial charge is 0.478 e. The number of carbonyl (C=O) groups is 3. The Balaban J connectivity index is 1.63. The van der Waals surface area contributed by atoms with E-state index in [1.54, 1.807) is 31.2 Å². The van der Waals surface area contributed by atoms with E-state index in [1.165, 1.54) is 12.5 Å². The number of aromatic carboxylic acids is 1. The lowest BCUT2D eigenvalue weighted by Crippen LogP contribution is -2.36. The summed E-state index contributed by atoms with van der Waals surface area (Å²) in [6, 6.07) is 8.02. The van der Waals surface area contributed by atoms with Crippen LogP contribution in [0.15, 0.2) is 34.7 Å². The summed E-state index contributed by atoms with van der Waals surface area (Å²) in [4.78, 5) is 35.8. The van der Waals surface area contributed by atoms with Crippen LogP contribution in [0.1, 0.15) is 76.1 Å². The molecule has 1 aromatic carbocycles. The summed E-state index contributed by atoms with van der Waals surface area (Å²) in [7, 11) is 0. The van der Waals surface area contributed by atoms with Crippen LogP contribution in [0.4, 0.5) is 5.69 Å². The fourth-order valence-corrected chi connectivity index (χ4v) is 3.40. The highest BCUT2D eigenvalue weighted by atomic mass is 16.4. The standard InChI is InChI=1S/C21H24N2O5/c1-2-17-16(21(26)27)12-18(28-17)20(25)23-15-10-8-13(9-11-15)19(24)22-14-6-4-3-5-7-14/h8-12,14H,2-7H2,1H3,(H,22,24)(H,23,25)(H,26,27). The van der Waals surface area contributed by atoms with Crippen LogP contribution in [0.3, 0.4) is 0 Å². The van der Waals surface area contributed by atoms with E-state index in [2.05, 4.69) is 10.6 Å². The van der Waals surface area contributed by atoms with Crippen LogP contribution < -0.4 is 10.6 Å². The summed E-state index contributed by atoms with van der Waals surface area (Å²) in [6.45, 7) is 1.75. The second-order valence-corrected chi connectivity index (χ2v) is 6.95. The van der Waals surface area contributed by atoms with E-state index in [-0.39, 0.29) is 29.0 Å². The zero-order valence-corrected chi connectivity index (χ0v) is 15.8. The van der Waals surface area contributed by atoms with Gasteiger partial charge >= 0.3 is 5.97 Å². The Morgan fingerprint density at radius 1 is 1.07 bits per heavy atom. The first-order valence-electron chi connectivity index (χ1n) is 9.56. The zero-order valence-electron chi connectivity index (χ0n) is 15.8. The van der Waals surface area contributed by atoms with Gasteiger partial charge in [-0.15, -0.1) is 0 Å². The number of benzene rings is 1. The molecule has 0 radical (unpaired) electrons. The average Bonchev–Trinajstić information content (AvgIpc) is 3.14. The van der Waals surface area contributed by atoms with Gasteiger partial charge in [0.15, 0.2) is 5.76 Å². The summed E-state index contributed by atoms with van der Waals surface area (Å²) < 4.78 is 5.35. The summed E-state index contributed by atoms with van der Waals surface area (Å²) in [6.07, 6.45) is 5.92. The van der Waals surface area contributed by atoms with E-state index in [0.717, 1.165) is 25.7 Å². The van der Waals surface area contributed by atoms with Gasteiger partial charge in [0, 0.05) is 29.8 Å². The van der Waals surface area contributed by atoms with Crippen LogP contribution in [-0.4, -0.2) is 28.9 Å². The van der Waals surface area contributed by atoms with Gasteiger partial charge in [-0.25, -0.2) is 4.79 Å². The predicted molar refractivity (Wildman–Crippen MR) is 104 cm³/mol. The van der Waals surface area contributed by atoms with Crippen molar-refractivity contribution in [2.45, 2.75) is 51.5 Å². The molecule has 0 unspecified atom stereocenters. The SMILES string of the molecule is CCc1oc(C(=O)Nc2ccc(C(=O)NC3CCCCC3)cc2)cc1C(=O)O. The minimum absolute atomic E-state index is 0.0117. The van der Waals surface area contributed by atoms with Crippen LogP contribution in [0.25, 0.3) is 0 Å². The van der Waals surface area contributed by atoms with E-state index >= 15 is 0 Å². The Morgan fingerprint density at radius 3 is 2.32 bits per heavy atom. The molecular formula is C21H24N2O5. The molecule has 28 heavy (non-hydrogen) atoms. The molecule has 3 N–H and O–H groups in total. The number of hydrogen-bond donors (Lipinski definition) is 3. The molecule has 3 rings (SSSR count). The van der Waals surface area contributed by atoms with E-state index in [1.807, 2.05) is 0 Å². The normalized spacial score (nSPS) is 14.5. The maximum atomic E-state index is 12.3. The molecule has 1 aliphatic rings. The molecule has 148 valence electrons. The minimum atomic E-state index is -1.13. The lowest BCUT2D eigenvalue weighted by molar-refractivity contribution is 0.0693. The lowest BCUT2D eigenvalue weighted by atomic mass is 9.95. The van der Waals surface area contributed by atoms with Crippen molar-refractivity contribution >= 4 is 23.5 Å². The van der Waals surface area contributed by atoms with Gasteiger partial charge in [0.2, 0.25) is 0 Å². The highest BCUT2D eigenvalue weighted by molar-refractivity contribution is 6.04. The molecule has 1 fully saturated rings. The van der Waals surface area contributed by atoms with Gasteiger partial charge in [0.1, 0.15) is 11.3 Å². The van der Waals surface area contributed by atoms with Crippen molar-refractivity contribution < 1.29 is 23.9 Å². The van der Waals surface area contributed by atoms with Gasteiger partial charge in [-0.3, -0.25) is 9.59 Å². The number of amides is 2. The van der Waals surface area contributed by atoms with Crippen molar-refractivity contribution in [3.05, 3.63) is 53.0 Å². The molecule has 1 saturated carbocycles. The summed E-state index contributed by atoms with van der Waals surface area (Å²) >= 11 is 0. The Labute approximate surface area is 163 Å². The summed E-state index contributed by atoms with van der Waals surface area (Å²) in [5, 5.41) is 14.9. The van der Waals surface area contributed by atoms with Gasteiger partial charge in [-0.05, 0) is 37.1 Å². The van der Waals surface area contributed by atoms with Crippen LogP contribution in [0, 0.1) is 0 Å². The number of rotatable bonds is 6. The van der Waals surface area contributed by atoms with Crippen LogP contribution in [-0.2, 0) is 6.42 Å². The Morgan fingerprint density at radius 2 is 1.75 bits per heavy atom. The number of furan rings is 1. The van der Waals surface area contributed by atoms with Crippen molar-refractivity contribution in [3.8, 4) is 0 Å². The van der Waals surface area contributed by atoms with Gasteiger partial charge in [-0.1, -0.05) is 26.2 Å². The van der Waals surface area contributed by atoms with Gasteiger partial charge in [-0.2, -0.15) is 0 Å². The van der Waals surface area contributed by atoms with Crippen molar-refractivity contribution in [2.24, 2.45) is 0 Å². The number of anilines is 1. The van der Waals surface area contributed by atoms with Gasteiger partial charge in [0.25, 0.3) is 11.8 Å². The molecule has 2 aromatic rings. The average molecular weight is 384 g/mol. The van der Waals surface area contributed by atoms with Crippen molar-refractivity contribution in [2.75, 3.05) is 5.32 Å². The second-order valence-electron chi connectivity index (χ2n) is 6.95. The fourth-order valence-electron chi connectivity index (χ4n) is 3.40. The summed E-state index contributed by atoms with van der Waals surface area (Å²) in [5.74, 6) is -1.59. The molecule has 7 nitrogen and oxygen atoms in total. The van der Waals surface area contributed by atoms with E-state index in [4.69, 9.17) is 9.52 Å². The maximum Gasteiger partial charge on any atom is 0.339 e. The molecule has 0 bridgehead atoms. The Kier molecular flexibility index (Phi) is 6.13. The minimum Gasteiger partial charge on any atom is -0.478 e. The first-order chi connectivity index (χ1) is 13.5. The number of aryl methyl sites for hydroxylation is 1. The predicted octanol–water partition coefficient (Wildman–Crippen LogP) is 3.86. The topological polar surface area (TPSA) is 109 Å². The first-order valence-corrected chi connectivity index (χ1v) is 9.56. The van der Waals surface area contributed by atoms with Gasteiger partial charge in [0.05, 0.1) is 0 Å². The zero-order chi connectivity index (χ0) is 20.1. The molecule has 2 amide bonds. The lowest BCUT2D eigenvalue weighted by Gasteiger charge is -2.22. The molecule has 0 aliphatic heterocycles. The van der Waals surface area contributed by atoms with Crippen molar-refractivity contribution in [3.63, 3.8) is 0 Å². The smallest absolute Gasteiger partial charge is 0.339 e. The van der Waals surface area contributed by atoms with E-state index in [0.29, 0.717) is 17.7 Å². The van der Waals surface area contributed by atoms with Crippen LogP contribution >= 0.6 is 0 Å². The number of carbonyl (C=O) groups excluding carboxylic acids is 2. The number of nitrogens with one attached hydrogen (secondary N) is 2. The third kappa shape index (κ3) is 4.60. The maximum absolute atomic E-state index is 12.3. The molecule has 7 heteroatoms.